The zero-order chi connectivity index (χ0) is 20.9. The maximum Gasteiger partial charge on any atom is 0.328 e. The summed E-state index contributed by atoms with van der Waals surface area (Å²) in [4.78, 5) is 19.3. The van der Waals surface area contributed by atoms with E-state index in [-0.39, 0.29) is 16.5 Å². The van der Waals surface area contributed by atoms with Crippen LogP contribution in [0.15, 0.2) is 0 Å². The number of unbranched alkanes of at least 4 members (excludes halogenated alkanes) is 17. The first-order valence-corrected chi connectivity index (χ1v) is 14.3. The molecule has 29 heavy (non-hydrogen) atoms. The molecule has 0 bridgehead atoms. The van der Waals surface area contributed by atoms with Gasteiger partial charge in [0.25, 0.3) is 0 Å². The normalized spacial score (nSPS) is 12.7. The van der Waals surface area contributed by atoms with Crippen LogP contribution >= 0.6 is 7.60 Å². The van der Waals surface area contributed by atoms with Crippen molar-refractivity contribution in [1.82, 2.24) is 0 Å². The Hall–Kier alpha value is 0.644. The molecule has 0 radical (unpaired) electrons. The second-order valence-corrected chi connectivity index (χ2v) is 10.7. The molecule has 0 saturated carbocycles. The van der Waals surface area contributed by atoms with Gasteiger partial charge in [-0.15, -0.1) is 0 Å². The van der Waals surface area contributed by atoms with Gasteiger partial charge in [-0.2, -0.15) is 0 Å². The molecule has 0 aliphatic carbocycles. The second-order valence-electron chi connectivity index (χ2n) is 8.83. The van der Waals surface area contributed by atoms with E-state index in [1.54, 1.807) is 0 Å². The Bertz CT molecular complexity index is 360. The van der Waals surface area contributed by atoms with E-state index in [0.717, 1.165) is 25.7 Å². The molecule has 0 aromatic heterocycles. The van der Waals surface area contributed by atoms with Crippen molar-refractivity contribution in [3.05, 3.63) is 0 Å². The number of hydrogen-bond acceptors (Lipinski definition) is 1. The molecule has 0 aliphatic rings. The zero-order valence-electron chi connectivity index (χ0n) is 19.5. The van der Waals surface area contributed by atoms with E-state index in [4.69, 9.17) is 0 Å². The zero-order valence-corrected chi connectivity index (χ0v) is 21.4. The first kappa shape index (κ1) is 31.8. The predicted octanol–water partition coefficient (Wildman–Crippen LogP) is 8.76. The van der Waals surface area contributed by atoms with Crippen molar-refractivity contribution >= 4 is 7.60 Å². The van der Waals surface area contributed by atoms with E-state index >= 15 is 0 Å². The molecule has 1 unspecified atom stereocenters. The third kappa shape index (κ3) is 23.1. The summed E-state index contributed by atoms with van der Waals surface area (Å²) in [5.41, 5.74) is -0.397. The monoisotopic (exact) mass is 476 g/mol. The van der Waals surface area contributed by atoms with E-state index < -0.39 is 13.3 Å². The Kier molecular flexibility index (Phi) is 25.6. The molecule has 0 rings (SSSR count). The van der Waals surface area contributed by atoms with Gasteiger partial charge < -0.3 is 9.79 Å². The average Bonchev–Trinajstić information content (AvgIpc) is 2.65. The molecule has 2 N–H and O–H groups in total. The van der Waals surface area contributed by atoms with Crippen LogP contribution in [0.3, 0.4) is 0 Å². The van der Waals surface area contributed by atoms with Gasteiger partial charge in [0.2, 0.25) is 0 Å². The standard InChI is InChI=1S/C24H51O3P.Ni/c1-3-5-7-9-11-13-15-17-19-21-23-24(28(25,26)27)22-20-18-16-14-12-10-8-6-4-2;/h24H,3-23H2,1-2H3,(H2,25,26,27);. The van der Waals surface area contributed by atoms with E-state index in [1.165, 1.54) is 96.3 Å². The molecule has 3 nitrogen and oxygen atoms in total. The fraction of sp³-hybridized carbons (Fsp3) is 1.00. The maximum atomic E-state index is 11.8. The summed E-state index contributed by atoms with van der Waals surface area (Å²) in [5, 5.41) is 0. The molecular formula is C24H51NiO3P. The summed E-state index contributed by atoms with van der Waals surface area (Å²) >= 11 is 0. The van der Waals surface area contributed by atoms with E-state index in [9.17, 15) is 14.4 Å². The molecule has 0 aromatic carbocycles. The topological polar surface area (TPSA) is 57.5 Å². The summed E-state index contributed by atoms with van der Waals surface area (Å²) in [7, 11) is -3.93. The molecular weight excluding hydrogens is 426 g/mol. The van der Waals surface area contributed by atoms with Gasteiger partial charge >= 0.3 is 7.60 Å². The van der Waals surface area contributed by atoms with E-state index in [0.29, 0.717) is 12.8 Å². The minimum Gasteiger partial charge on any atom is -0.324 e. The summed E-state index contributed by atoms with van der Waals surface area (Å²) in [5.74, 6) is 0. The minimum atomic E-state index is -3.93. The minimum absolute atomic E-state index is 0. The van der Waals surface area contributed by atoms with Gasteiger partial charge in [-0.3, -0.25) is 4.57 Å². The fourth-order valence-corrected chi connectivity index (χ4v) is 5.08. The average molecular weight is 477 g/mol. The molecule has 0 aliphatic heterocycles. The van der Waals surface area contributed by atoms with Crippen LogP contribution < -0.4 is 0 Å². The molecule has 180 valence electrons. The van der Waals surface area contributed by atoms with Crippen LogP contribution in [0.5, 0.6) is 0 Å². The van der Waals surface area contributed by atoms with E-state index in [2.05, 4.69) is 13.8 Å². The molecule has 0 amide bonds. The molecule has 0 fully saturated rings. The molecule has 0 spiro atoms. The largest absolute Gasteiger partial charge is 0.328 e. The van der Waals surface area contributed by atoms with Gasteiger partial charge in [-0.1, -0.05) is 136 Å². The summed E-state index contributed by atoms with van der Waals surface area (Å²) < 4.78 is 11.8. The van der Waals surface area contributed by atoms with Crippen molar-refractivity contribution in [2.45, 2.75) is 154 Å². The van der Waals surface area contributed by atoms with Gasteiger partial charge in [-0.25, -0.2) is 0 Å². The Morgan fingerprint density at radius 2 is 0.759 bits per heavy atom. The smallest absolute Gasteiger partial charge is 0.324 e. The SMILES string of the molecule is CCCCCCCCCCCCC(CCCCCCCCCCC)P(=O)(O)O.[Ni]. The van der Waals surface area contributed by atoms with Crippen LogP contribution in [-0.2, 0) is 21.1 Å². The Labute approximate surface area is 192 Å². The first-order valence-electron chi connectivity index (χ1n) is 12.6. The van der Waals surface area contributed by atoms with Crippen LogP contribution in [0.1, 0.15) is 149 Å². The predicted molar refractivity (Wildman–Crippen MR) is 124 cm³/mol. The quantitative estimate of drug-likeness (QED) is 0.0931. The van der Waals surface area contributed by atoms with Crippen molar-refractivity contribution in [1.29, 1.82) is 0 Å². The third-order valence-electron chi connectivity index (χ3n) is 6.01. The third-order valence-corrected chi connectivity index (χ3v) is 7.48. The molecule has 1 atom stereocenters. The van der Waals surface area contributed by atoms with Crippen molar-refractivity contribution < 1.29 is 30.8 Å². The van der Waals surface area contributed by atoms with Gasteiger partial charge in [0, 0.05) is 16.5 Å². The molecule has 0 aromatic rings. The van der Waals surface area contributed by atoms with Crippen molar-refractivity contribution in [2.24, 2.45) is 0 Å². The van der Waals surface area contributed by atoms with Gasteiger partial charge in [0.1, 0.15) is 0 Å². The summed E-state index contributed by atoms with van der Waals surface area (Å²) in [6.45, 7) is 4.49. The molecule has 5 heteroatoms. The van der Waals surface area contributed by atoms with Crippen molar-refractivity contribution in [2.75, 3.05) is 0 Å². The maximum absolute atomic E-state index is 11.8. The van der Waals surface area contributed by atoms with Crippen LogP contribution in [0.25, 0.3) is 0 Å². The Balaban J connectivity index is 0. The summed E-state index contributed by atoms with van der Waals surface area (Å²) in [6.07, 6.45) is 25.4. The van der Waals surface area contributed by atoms with E-state index in [1.807, 2.05) is 0 Å². The van der Waals surface area contributed by atoms with Crippen LogP contribution in [0.4, 0.5) is 0 Å². The second kappa shape index (κ2) is 23.3. The van der Waals surface area contributed by atoms with Crippen molar-refractivity contribution in [3.8, 4) is 0 Å². The van der Waals surface area contributed by atoms with Crippen molar-refractivity contribution in [3.63, 3.8) is 0 Å². The van der Waals surface area contributed by atoms with Crippen LogP contribution in [-0.4, -0.2) is 15.4 Å². The van der Waals surface area contributed by atoms with Crippen LogP contribution in [0, 0.1) is 0 Å². The number of rotatable bonds is 22. The Morgan fingerprint density at radius 3 is 1.00 bits per heavy atom. The number of hydrogen-bond donors (Lipinski definition) is 2. The fourth-order valence-electron chi connectivity index (χ4n) is 4.04. The van der Waals surface area contributed by atoms with Gasteiger partial charge in [-0.05, 0) is 12.8 Å². The van der Waals surface area contributed by atoms with Gasteiger partial charge in [0.15, 0.2) is 0 Å². The van der Waals surface area contributed by atoms with Gasteiger partial charge in [0.05, 0.1) is 5.66 Å². The van der Waals surface area contributed by atoms with Crippen LogP contribution in [0.2, 0.25) is 0 Å². The first-order chi connectivity index (χ1) is 13.5. The molecule has 0 saturated heterocycles. The molecule has 0 heterocycles. The Morgan fingerprint density at radius 1 is 0.517 bits per heavy atom. The summed E-state index contributed by atoms with van der Waals surface area (Å²) in [6, 6.07) is 0.